The molecule has 4 rings (SSSR count). The molecule has 1 aromatic carbocycles. The van der Waals surface area contributed by atoms with Gasteiger partial charge in [-0.1, -0.05) is 59.7 Å². The summed E-state index contributed by atoms with van der Waals surface area (Å²) >= 11 is 0. The van der Waals surface area contributed by atoms with Gasteiger partial charge in [0.25, 0.3) is 5.91 Å². The van der Waals surface area contributed by atoms with E-state index in [9.17, 15) is 18.8 Å². The van der Waals surface area contributed by atoms with E-state index in [4.69, 9.17) is 13.6 Å². The molecule has 1 saturated heterocycles. The summed E-state index contributed by atoms with van der Waals surface area (Å²) in [6, 6.07) is 7.64. The number of fused-ring (bicyclic) bond motifs is 1. The lowest BCUT2D eigenvalue weighted by Gasteiger charge is -2.44. The highest BCUT2D eigenvalue weighted by Gasteiger charge is 2.54. The summed E-state index contributed by atoms with van der Waals surface area (Å²) in [5.74, 6) is -0.860. The first-order chi connectivity index (χ1) is 22.7. The minimum atomic E-state index is -2.49. The second-order valence-corrected chi connectivity index (χ2v) is 24.6. The fourth-order valence-corrected chi connectivity index (χ4v) is 7.32. The second kappa shape index (κ2) is 14.6. The van der Waals surface area contributed by atoms with Gasteiger partial charge in [-0.15, -0.1) is 0 Å². The van der Waals surface area contributed by atoms with E-state index >= 15 is 0 Å². The number of halogens is 1. The first-order valence-electron chi connectivity index (χ1n) is 16.2. The highest BCUT2D eigenvalue weighted by Crippen LogP contribution is 2.46. The van der Waals surface area contributed by atoms with Crippen molar-refractivity contribution < 1.29 is 32.4 Å². The van der Waals surface area contributed by atoms with Crippen LogP contribution >= 0.6 is 0 Å². The molecule has 0 saturated carbocycles. The minimum Gasteiger partial charge on any atom is -0.408 e. The largest absolute Gasteiger partial charge is 0.408 e. The SMILES string of the molecule is CC(C)(C)[Si](C)(C)OC1[C@@H](O[Si](C)(C)C(C)(C)C)[C@@H](CNC(=O)NC(=O)CF)O[C@H]1n1cnc2c(NC(=O)Nc3ccccc3)ncnc21. The number of amides is 5. The maximum absolute atomic E-state index is 12.9. The Hall–Kier alpha value is -3.78. The van der Waals surface area contributed by atoms with Crippen LogP contribution in [0.2, 0.25) is 36.3 Å². The highest BCUT2D eigenvalue weighted by molar-refractivity contribution is 6.74. The molecule has 14 nitrogen and oxygen atoms in total. The molecule has 2 aromatic heterocycles. The number of nitrogens with one attached hydrogen (secondary N) is 4. The topological polar surface area (TPSA) is 171 Å². The molecular weight excluding hydrogens is 668 g/mol. The number of aromatic nitrogens is 4. The van der Waals surface area contributed by atoms with Crippen LogP contribution in [0.25, 0.3) is 11.2 Å². The molecule has 49 heavy (non-hydrogen) atoms. The molecule has 1 aliphatic heterocycles. The van der Waals surface area contributed by atoms with Gasteiger partial charge in [-0.05, 0) is 48.4 Å². The average molecular weight is 717 g/mol. The van der Waals surface area contributed by atoms with Crippen LogP contribution in [0.15, 0.2) is 43.0 Å². The number of urea groups is 2. The Morgan fingerprint density at radius 1 is 0.878 bits per heavy atom. The molecule has 0 bridgehead atoms. The Bertz CT molecular complexity index is 1640. The monoisotopic (exact) mass is 716 g/mol. The predicted octanol–water partition coefficient (Wildman–Crippen LogP) is 5.94. The number of hydrogen-bond acceptors (Lipinski definition) is 9. The Morgan fingerprint density at radius 2 is 1.49 bits per heavy atom. The number of imidazole rings is 1. The zero-order valence-corrected chi connectivity index (χ0v) is 31.9. The molecule has 3 heterocycles. The molecule has 0 spiro atoms. The van der Waals surface area contributed by atoms with Crippen LogP contribution < -0.4 is 21.3 Å². The molecule has 268 valence electrons. The number of nitrogens with zero attached hydrogens (tertiary/aromatic N) is 4. The Morgan fingerprint density at radius 3 is 2.08 bits per heavy atom. The summed E-state index contributed by atoms with van der Waals surface area (Å²) in [7, 11) is -4.96. The lowest BCUT2D eigenvalue weighted by atomic mass is 10.1. The van der Waals surface area contributed by atoms with Gasteiger partial charge in [-0.3, -0.25) is 20.0 Å². The van der Waals surface area contributed by atoms with Gasteiger partial charge in [0, 0.05) is 12.2 Å². The number of hydrogen-bond donors (Lipinski definition) is 4. The van der Waals surface area contributed by atoms with Gasteiger partial charge in [0.05, 0.1) is 6.33 Å². The van der Waals surface area contributed by atoms with Crippen LogP contribution in [0.5, 0.6) is 0 Å². The molecule has 1 unspecified atom stereocenters. The first-order valence-corrected chi connectivity index (χ1v) is 22.0. The normalized spacial score (nSPS) is 20.2. The van der Waals surface area contributed by atoms with Crippen molar-refractivity contribution >= 4 is 57.3 Å². The lowest BCUT2D eigenvalue weighted by Crippen LogP contribution is -2.55. The van der Waals surface area contributed by atoms with Crippen molar-refractivity contribution in [2.45, 2.75) is 102 Å². The molecule has 4 N–H and O–H groups in total. The van der Waals surface area contributed by atoms with Gasteiger partial charge in [-0.2, -0.15) is 0 Å². The molecule has 1 fully saturated rings. The van der Waals surface area contributed by atoms with E-state index in [1.165, 1.54) is 6.33 Å². The van der Waals surface area contributed by atoms with Crippen molar-refractivity contribution in [3.05, 3.63) is 43.0 Å². The predicted molar refractivity (Wildman–Crippen MR) is 190 cm³/mol. The number of alkyl halides is 1. The van der Waals surface area contributed by atoms with Gasteiger partial charge in [-0.25, -0.2) is 28.9 Å². The van der Waals surface area contributed by atoms with E-state index in [0.29, 0.717) is 16.9 Å². The number of carbonyl (C=O) groups is 3. The number of anilines is 2. The van der Waals surface area contributed by atoms with Crippen molar-refractivity contribution in [3.8, 4) is 0 Å². The third-order valence-corrected chi connectivity index (χ3v) is 18.4. The lowest BCUT2D eigenvalue weighted by molar-refractivity contribution is -0.120. The molecule has 1 aliphatic rings. The van der Waals surface area contributed by atoms with Crippen LogP contribution in [0, 0.1) is 0 Å². The van der Waals surface area contributed by atoms with Gasteiger partial charge < -0.3 is 24.2 Å². The van der Waals surface area contributed by atoms with E-state index in [2.05, 4.69) is 98.6 Å². The van der Waals surface area contributed by atoms with Crippen LogP contribution in [-0.4, -0.2) is 85.7 Å². The summed E-state index contributed by atoms with van der Waals surface area (Å²) in [5.41, 5.74) is 1.31. The molecule has 4 atom stereocenters. The minimum absolute atomic E-state index is 0.0629. The number of rotatable bonds is 10. The summed E-state index contributed by atoms with van der Waals surface area (Å²) in [4.78, 5) is 50.2. The van der Waals surface area contributed by atoms with Crippen molar-refractivity contribution in [1.29, 1.82) is 0 Å². The number of benzene rings is 1. The second-order valence-electron chi connectivity index (χ2n) is 15.1. The molecule has 3 aromatic rings. The van der Waals surface area contributed by atoms with Crippen molar-refractivity contribution in [1.82, 2.24) is 30.2 Å². The van der Waals surface area contributed by atoms with Gasteiger partial charge in [0.15, 0.2) is 46.5 Å². The zero-order chi connectivity index (χ0) is 36.4. The smallest absolute Gasteiger partial charge is 0.324 e. The van der Waals surface area contributed by atoms with Gasteiger partial charge >= 0.3 is 12.1 Å². The third-order valence-electron chi connectivity index (χ3n) is 9.49. The van der Waals surface area contributed by atoms with Crippen LogP contribution in [0.1, 0.15) is 47.8 Å². The van der Waals surface area contributed by atoms with E-state index in [-0.39, 0.29) is 22.4 Å². The number of ether oxygens (including phenoxy) is 1. The van der Waals surface area contributed by atoms with Crippen LogP contribution in [-0.2, 0) is 18.4 Å². The molecule has 17 heteroatoms. The maximum atomic E-state index is 12.9. The summed E-state index contributed by atoms with van der Waals surface area (Å²) in [6.07, 6.45) is -0.0244. The summed E-state index contributed by atoms with van der Waals surface area (Å²) < 4.78 is 35.4. The van der Waals surface area contributed by atoms with E-state index < -0.39 is 65.8 Å². The Kier molecular flexibility index (Phi) is 11.3. The summed E-state index contributed by atoms with van der Waals surface area (Å²) in [5, 5.41) is 9.77. The van der Waals surface area contributed by atoms with E-state index in [1.54, 1.807) is 23.0 Å². The maximum Gasteiger partial charge on any atom is 0.324 e. The van der Waals surface area contributed by atoms with Gasteiger partial charge in [0.1, 0.15) is 24.6 Å². The summed E-state index contributed by atoms with van der Waals surface area (Å²) in [6.45, 7) is 19.9. The Labute approximate surface area is 288 Å². The number of imide groups is 1. The fourth-order valence-electron chi connectivity index (χ4n) is 4.72. The molecule has 5 amide bonds. The third kappa shape index (κ3) is 8.88. The quantitative estimate of drug-likeness (QED) is 0.185. The van der Waals surface area contributed by atoms with Crippen molar-refractivity contribution in [3.63, 3.8) is 0 Å². The number of carbonyl (C=O) groups excluding carboxylic acids is 3. The van der Waals surface area contributed by atoms with Crippen molar-refractivity contribution in [2.24, 2.45) is 0 Å². The molecular formula is C32H49FN8O6Si2. The fraction of sp³-hybridized carbons (Fsp3) is 0.562. The van der Waals surface area contributed by atoms with Crippen LogP contribution in [0.3, 0.4) is 0 Å². The standard InChI is InChI=1S/C32H49FN8O6Si2/c1-31(2,3)48(7,8)46-24-21(17-34-29(43)39-22(42)16-33)45-28(25(24)47-49(9,10)32(4,5)6)41-19-37-23-26(35-18-36-27(23)41)40-30(44)38-20-14-12-11-13-15-20/h11-15,18-19,21,24-25,28H,16-17H2,1-10H3,(H2,34,39,42,43)(H2,35,36,38,40,44)/t21-,24+,25?,28-/m1/s1. The highest BCUT2D eigenvalue weighted by atomic mass is 28.4. The Balaban J connectivity index is 1.75. The first kappa shape index (κ1) is 38.0. The van der Waals surface area contributed by atoms with E-state index in [0.717, 1.165) is 0 Å². The average Bonchev–Trinajstić information content (AvgIpc) is 3.56. The molecule has 0 radical (unpaired) electrons. The van der Waals surface area contributed by atoms with Gasteiger partial charge in [0.2, 0.25) is 0 Å². The van der Waals surface area contributed by atoms with Crippen molar-refractivity contribution in [2.75, 3.05) is 23.9 Å². The van der Waals surface area contributed by atoms with Crippen LogP contribution in [0.4, 0.5) is 25.5 Å². The van der Waals surface area contributed by atoms with E-state index in [1.807, 2.05) is 23.5 Å². The zero-order valence-electron chi connectivity index (χ0n) is 29.9. The molecule has 0 aliphatic carbocycles. The number of para-hydroxylation sites is 1.